The van der Waals surface area contributed by atoms with E-state index in [1.807, 2.05) is 24.3 Å². The van der Waals surface area contributed by atoms with E-state index in [1.165, 1.54) is 4.90 Å². The summed E-state index contributed by atoms with van der Waals surface area (Å²) in [6.07, 6.45) is -1.62. The van der Waals surface area contributed by atoms with Gasteiger partial charge in [0.15, 0.2) is 0 Å². The van der Waals surface area contributed by atoms with Gasteiger partial charge in [0.25, 0.3) is 6.43 Å². The first-order chi connectivity index (χ1) is 12.0. The summed E-state index contributed by atoms with van der Waals surface area (Å²) in [5.41, 5.74) is 1.10. The first kappa shape index (κ1) is 18.5. The van der Waals surface area contributed by atoms with Crippen LogP contribution in [0.4, 0.5) is 14.5 Å². The molecule has 0 saturated carbocycles. The van der Waals surface area contributed by atoms with E-state index >= 15 is 0 Å². The van der Waals surface area contributed by atoms with Crippen molar-refractivity contribution in [1.82, 2.24) is 10.2 Å². The molecule has 0 aromatic heterocycles. The highest BCUT2D eigenvalue weighted by molar-refractivity contribution is 9.10. The number of morpholine rings is 1. The molecule has 0 aliphatic carbocycles. The fourth-order valence-corrected chi connectivity index (χ4v) is 3.91. The van der Waals surface area contributed by atoms with E-state index in [2.05, 4.69) is 26.1 Å². The van der Waals surface area contributed by atoms with Gasteiger partial charge in [0.2, 0.25) is 5.91 Å². The molecule has 0 unspecified atom stereocenters. The Bertz CT molecular complexity index is 605. The molecule has 0 bridgehead atoms. The molecule has 5 nitrogen and oxygen atoms in total. The molecule has 2 saturated heterocycles. The summed E-state index contributed by atoms with van der Waals surface area (Å²) in [4.78, 5) is 16.3. The number of nitrogens with zero attached hydrogens (tertiary/aromatic N) is 2. The summed E-state index contributed by atoms with van der Waals surface area (Å²) in [5.74, 6) is -0.223. The molecule has 138 valence electrons. The third-order valence-corrected chi connectivity index (χ3v) is 5.31. The van der Waals surface area contributed by atoms with Crippen molar-refractivity contribution in [1.29, 1.82) is 0 Å². The number of carbonyl (C=O) groups is 1. The maximum Gasteiger partial charge on any atom is 0.251 e. The largest absolute Gasteiger partial charge is 0.378 e. The molecule has 3 rings (SSSR count). The van der Waals surface area contributed by atoms with Gasteiger partial charge >= 0.3 is 0 Å². The van der Waals surface area contributed by atoms with Crippen molar-refractivity contribution in [3.63, 3.8) is 0 Å². The van der Waals surface area contributed by atoms with Crippen LogP contribution in [0.1, 0.15) is 6.42 Å². The maximum absolute atomic E-state index is 12.7. The van der Waals surface area contributed by atoms with Crippen molar-refractivity contribution in [3.05, 3.63) is 28.7 Å². The van der Waals surface area contributed by atoms with Crippen molar-refractivity contribution >= 4 is 27.5 Å². The summed E-state index contributed by atoms with van der Waals surface area (Å²) < 4.78 is 31.8. The number of hydrogen-bond acceptors (Lipinski definition) is 4. The van der Waals surface area contributed by atoms with Crippen molar-refractivity contribution in [2.75, 3.05) is 44.3 Å². The second-order valence-corrected chi connectivity index (χ2v) is 7.22. The predicted octanol–water partition coefficient (Wildman–Crippen LogP) is 2.11. The van der Waals surface area contributed by atoms with Crippen molar-refractivity contribution in [2.45, 2.75) is 24.9 Å². The van der Waals surface area contributed by atoms with Gasteiger partial charge < -0.3 is 15.0 Å². The summed E-state index contributed by atoms with van der Waals surface area (Å²) in [7, 11) is 0. The Balaban J connectivity index is 1.57. The van der Waals surface area contributed by atoms with Crippen LogP contribution >= 0.6 is 15.9 Å². The van der Waals surface area contributed by atoms with Crippen LogP contribution in [0.25, 0.3) is 0 Å². The zero-order valence-electron chi connectivity index (χ0n) is 13.8. The van der Waals surface area contributed by atoms with Crippen molar-refractivity contribution in [3.8, 4) is 0 Å². The van der Waals surface area contributed by atoms with Crippen molar-refractivity contribution < 1.29 is 18.3 Å². The number of halogens is 3. The lowest BCUT2D eigenvalue weighted by atomic mass is 10.2. The highest BCUT2D eigenvalue weighted by Gasteiger charge is 2.33. The monoisotopic (exact) mass is 417 g/mol. The summed E-state index contributed by atoms with van der Waals surface area (Å²) in [5, 5.41) is 3.01. The lowest BCUT2D eigenvalue weighted by Gasteiger charge is -2.34. The number of alkyl halides is 2. The quantitative estimate of drug-likeness (QED) is 0.796. The number of hydrogen-bond donors (Lipinski definition) is 1. The minimum atomic E-state index is -2.45. The molecule has 2 aliphatic heterocycles. The van der Waals surface area contributed by atoms with Crippen LogP contribution in [0.5, 0.6) is 0 Å². The molecule has 1 N–H and O–H groups in total. The Kier molecular flexibility index (Phi) is 6.24. The SMILES string of the molecule is O=C(N[C@@H]1CCN(c2ccccc2Br)C1)[C@H]1COCCN1CC(F)F. The molecular formula is C17H22BrF2N3O2. The van der Waals surface area contributed by atoms with E-state index in [0.29, 0.717) is 19.7 Å². The Hall–Kier alpha value is -1.25. The van der Waals surface area contributed by atoms with Crippen LogP contribution < -0.4 is 10.2 Å². The van der Waals surface area contributed by atoms with Gasteiger partial charge in [0, 0.05) is 30.1 Å². The number of rotatable bonds is 5. The third-order valence-electron chi connectivity index (χ3n) is 4.64. The number of carbonyl (C=O) groups excluding carboxylic acids is 1. The van der Waals surface area contributed by atoms with Gasteiger partial charge in [-0.1, -0.05) is 12.1 Å². The lowest BCUT2D eigenvalue weighted by Crippen LogP contribution is -2.56. The maximum atomic E-state index is 12.7. The number of ether oxygens (including phenoxy) is 1. The van der Waals surface area contributed by atoms with E-state index in [1.54, 1.807) is 0 Å². The van der Waals surface area contributed by atoms with E-state index in [0.717, 1.165) is 23.1 Å². The lowest BCUT2D eigenvalue weighted by molar-refractivity contribution is -0.134. The van der Waals surface area contributed by atoms with Gasteiger partial charge in [-0.2, -0.15) is 0 Å². The molecule has 8 heteroatoms. The van der Waals surface area contributed by atoms with Crippen LogP contribution in [0.15, 0.2) is 28.7 Å². The Labute approximate surface area is 154 Å². The van der Waals surface area contributed by atoms with Gasteiger partial charge in [0.1, 0.15) is 6.04 Å². The topological polar surface area (TPSA) is 44.8 Å². The summed E-state index contributed by atoms with van der Waals surface area (Å²) in [6.45, 7) is 2.06. The zero-order chi connectivity index (χ0) is 17.8. The van der Waals surface area contributed by atoms with Crippen molar-refractivity contribution in [2.24, 2.45) is 0 Å². The second kappa shape index (κ2) is 8.42. The molecule has 2 atom stereocenters. The van der Waals surface area contributed by atoms with Crippen LogP contribution in [-0.4, -0.2) is 68.7 Å². The van der Waals surface area contributed by atoms with Gasteiger partial charge in [-0.3, -0.25) is 9.69 Å². The van der Waals surface area contributed by atoms with E-state index in [-0.39, 0.29) is 18.6 Å². The van der Waals surface area contributed by atoms with E-state index < -0.39 is 19.0 Å². The molecular weight excluding hydrogens is 396 g/mol. The normalized spacial score (nSPS) is 24.7. The standard InChI is InChI=1S/C17H22BrF2N3O2/c18-13-3-1-2-4-14(13)22-6-5-12(9-22)21-17(24)15-11-25-8-7-23(15)10-16(19)20/h1-4,12,15-16H,5-11H2,(H,21,24)/t12-,15-/m1/s1. The average molecular weight is 418 g/mol. The Morgan fingerprint density at radius 1 is 1.36 bits per heavy atom. The fourth-order valence-electron chi connectivity index (χ4n) is 3.38. The first-order valence-electron chi connectivity index (χ1n) is 8.44. The zero-order valence-corrected chi connectivity index (χ0v) is 15.4. The minimum absolute atomic E-state index is 0.00920. The first-order valence-corrected chi connectivity index (χ1v) is 9.23. The molecule has 2 fully saturated rings. The number of anilines is 1. The van der Waals surface area contributed by atoms with Crippen LogP contribution in [0.2, 0.25) is 0 Å². The molecule has 1 aromatic carbocycles. The smallest absolute Gasteiger partial charge is 0.251 e. The number of nitrogens with one attached hydrogen (secondary N) is 1. The number of amides is 1. The van der Waals surface area contributed by atoms with Gasteiger partial charge in [-0.15, -0.1) is 0 Å². The summed E-state index contributed by atoms with van der Waals surface area (Å²) in [6, 6.07) is 7.34. The van der Waals surface area contributed by atoms with Gasteiger partial charge in [-0.05, 0) is 34.5 Å². The minimum Gasteiger partial charge on any atom is -0.378 e. The van der Waals surface area contributed by atoms with Crippen LogP contribution in [-0.2, 0) is 9.53 Å². The van der Waals surface area contributed by atoms with E-state index in [9.17, 15) is 13.6 Å². The number of benzene rings is 1. The summed E-state index contributed by atoms with van der Waals surface area (Å²) >= 11 is 3.55. The molecule has 2 heterocycles. The predicted molar refractivity (Wildman–Crippen MR) is 95.1 cm³/mol. The molecule has 1 amide bonds. The molecule has 2 aliphatic rings. The van der Waals surface area contributed by atoms with Gasteiger partial charge in [-0.25, -0.2) is 8.78 Å². The molecule has 25 heavy (non-hydrogen) atoms. The average Bonchev–Trinajstić information content (AvgIpc) is 3.03. The second-order valence-electron chi connectivity index (χ2n) is 6.37. The highest BCUT2D eigenvalue weighted by atomic mass is 79.9. The Morgan fingerprint density at radius 2 is 2.16 bits per heavy atom. The van der Waals surface area contributed by atoms with E-state index in [4.69, 9.17) is 4.74 Å². The highest BCUT2D eigenvalue weighted by Crippen LogP contribution is 2.28. The third kappa shape index (κ3) is 4.68. The molecule has 0 radical (unpaired) electrons. The Morgan fingerprint density at radius 3 is 2.92 bits per heavy atom. The molecule has 0 spiro atoms. The molecule has 1 aromatic rings. The number of para-hydroxylation sites is 1. The van der Waals surface area contributed by atoms with Gasteiger partial charge in [0.05, 0.1) is 25.4 Å². The fraction of sp³-hybridized carbons (Fsp3) is 0.588. The van der Waals surface area contributed by atoms with Crippen LogP contribution in [0.3, 0.4) is 0 Å². The van der Waals surface area contributed by atoms with Crippen LogP contribution in [0, 0.1) is 0 Å².